The number of carbonyl (C=O) groups excluding carboxylic acids is 1. The SMILES string of the molecule is COC(=O)[C@H]1C[C@H]2CCCC[C@H]2N1Cc1cc(=O)oc2cc(C)ccc12. The van der Waals surface area contributed by atoms with Gasteiger partial charge < -0.3 is 9.15 Å². The Balaban J connectivity index is 1.73. The Labute approximate surface area is 152 Å². The number of hydrogen-bond donors (Lipinski definition) is 0. The van der Waals surface area contributed by atoms with Crippen molar-refractivity contribution in [1.29, 1.82) is 0 Å². The molecule has 0 bridgehead atoms. The Morgan fingerprint density at radius 2 is 2.08 bits per heavy atom. The van der Waals surface area contributed by atoms with Gasteiger partial charge in [0.1, 0.15) is 11.6 Å². The minimum atomic E-state index is -0.341. The molecule has 4 rings (SSSR count). The van der Waals surface area contributed by atoms with Gasteiger partial charge in [-0.05, 0) is 49.3 Å². The third-order valence-corrected chi connectivity index (χ3v) is 6.03. The summed E-state index contributed by atoms with van der Waals surface area (Å²) in [5.41, 5.74) is 2.25. The van der Waals surface area contributed by atoms with Gasteiger partial charge in [0.05, 0.1) is 7.11 Å². The van der Waals surface area contributed by atoms with Crippen molar-refractivity contribution in [2.75, 3.05) is 7.11 Å². The van der Waals surface area contributed by atoms with Gasteiger partial charge >= 0.3 is 11.6 Å². The lowest BCUT2D eigenvalue weighted by Gasteiger charge is -2.33. The molecular formula is C21H25NO4. The third kappa shape index (κ3) is 3.05. The minimum absolute atomic E-state index is 0.164. The summed E-state index contributed by atoms with van der Waals surface area (Å²) in [7, 11) is 1.46. The average Bonchev–Trinajstić information content (AvgIpc) is 2.99. The monoisotopic (exact) mass is 355 g/mol. The van der Waals surface area contributed by atoms with Crippen LogP contribution in [0.3, 0.4) is 0 Å². The van der Waals surface area contributed by atoms with Crippen LogP contribution in [-0.2, 0) is 16.1 Å². The molecule has 1 saturated carbocycles. The van der Waals surface area contributed by atoms with Crippen LogP contribution in [0.15, 0.2) is 33.5 Å². The van der Waals surface area contributed by atoms with Crippen molar-refractivity contribution < 1.29 is 13.9 Å². The average molecular weight is 355 g/mol. The normalized spacial score (nSPS) is 26.0. The van der Waals surface area contributed by atoms with Crippen molar-refractivity contribution in [3.8, 4) is 0 Å². The zero-order valence-electron chi connectivity index (χ0n) is 15.4. The first-order chi connectivity index (χ1) is 12.6. The highest BCUT2D eigenvalue weighted by atomic mass is 16.5. The first-order valence-electron chi connectivity index (χ1n) is 9.44. The molecule has 2 fully saturated rings. The van der Waals surface area contributed by atoms with Gasteiger partial charge in [-0.25, -0.2) is 4.79 Å². The number of fused-ring (bicyclic) bond motifs is 2. The lowest BCUT2D eigenvalue weighted by Crippen LogP contribution is -2.42. The summed E-state index contributed by atoms with van der Waals surface area (Å²) in [6, 6.07) is 7.66. The molecular weight excluding hydrogens is 330 g/mol. The fraction of sp³-hybridized carbons (Fsp3) is 0.524. The van der Waals surface area contributed by atoms with Gasteiger partial charge in [-0.2, -0.15) is 0 Å². The Morgan fingerprint density at radius 3 is 2.88 bits per heavy atom. The van der Waals surface area contributed by atoms with E-state index in [-0.39, 0.29) is 17.6 Å². The third-order valence-electron chi connectivity index (χ3n) is 6.03. The van der Waals surface area contributed by atoms with E-state index in [9.17, 15) is 9.59 Å². The number of aryl methyl sites for hydroxylation is 1. The van der Waals surface area contributed by atoms with Crippen molar-refractivity contribution in [3.05, 3.63) is 45.8 Å². The van der Waals surface area contributed by atoms with Gasteiger partial charge in [0.15, 0.2) is 0 Å². The summed E-state index contributed by atoms with van der Waals surface area (Å²) in [5, 5.41) is 0.943. The Bertz CT molecular complexity index is 887. The van der Waals surface area contributed by atoms with Crippen LogP contribution in [0.25, 0.3) is 11.0 Å². The van der Waals surface area contributed by atoms with E-state index in [4.69, 9.17) is 9.15 Å². The summed E-state index contributed by atoms with van der Waals surface area (Å²) in [4.78, 5) is 26.7. The number of esters is 1. The number of carbonyl (C=O) groups is 1. The molecule has 1 aliphatic heterocycles. The van der Waals surface area contributed by atoms with E-state index < -0.39 is 0 Å². The van der Waals surface area contributed by atoms with E-state index in [2.05, 4.69) is 4.90 Å². The van der Waals surface area contributed by atoms with Gasteiger partial charge in [0, 0.05) is 24.0 Å². The second-order valence-corrected chi connectivity index (χ2v) is 7.65. The predicted octanol–water partition coefficient (Wildman–Crippen LogP) is 3.41. The molecule has 0 spiro atoms. The Morgan fingerprint density at radius 1 is 1.27 bits per heavy atom. The molecule has 0 radical (unpaired) electrons. The molecule has 26 heavy (non-hydrogen) atoms. The highest BCUT2D eigenvalue weighted by Crippen LogP contribution is 2.41. The van der Waals surface area contributed by atoms with Crippen LogP contribution < -0.4 is 5.63 Å². The van der Waals surface area contributed by atoms with Crippen LogP contribution in [0.4, 0.5) is 0 Å². The van der Waals surface area contributed by atoms with Gasteiger partial charge in [-0.3, -0.25) is 9.69 Å². The first kappa shape index (κ1) is 17.3. The van der Waals surface area contributed by atoms with Gasteiger partial charge in [-0.1, -0.05) is 25.0 Å². The molecule has 2 heterocycles. The fourth-order valence-corrected chi connectivity index (χ4v) is 4.81. The molecule has 1 aliphatic carbocycles. The number of benzene rings is 1. The van der Waals surface area contributed by atoms with Gasteiger partial charge in [-0.15, -0.1) is 0 Å². The van der Waals surface area contributed by atoms with Crippen molar-refractivity contribution in [2.45, 2.75) is 57.7 Å². The van der Waals surface area contributed by atoms with Crippen LogP contribution in [0, 0.1) is 12.8 Å². The van der Waals surface area contributed by atoms with Crippen LogP contribution in [-0.4, -0.2) is 30.1 Å². The zero-order chi connectivity index (χ0) is 18.3. The van der Waals surface area contributed by atoms with E-state index in [1.165, 1.54) is 26.4 Å². The van der Waals surface area contributed by atoms with Crippen LogP contribution in [0.5, 0.6) is 0 Å². The molecule has 2 aliphatic rings. The second-order valence-electron chi connectivity index (χ2n) is 7.65. The second kappa shape index (κ2) is 6.88. The van der Waals surface area contributed by atoms with Crippen molar-refractivity contribution in [3.63, 3.8) is 0 Å². The van der Waals surface area contributed by atoms with Gasteiger partial charge in [0.2, 0.25) is 0 Å². The summed E-state index contributed by atoms with van der Waals surface area (Å²) in [6.45, 7) is 2.55. The molecule has 3 atom stereocenters. The Kier molecular flexibility index (Phi) is 4.57. The molecule has 0 amide bonds. The standard InChI is InChI=1S/C21H25NO4/c1-13-7-8-16-15(11-20(23)26-19(16)9-13)12-22-17-6-4-3-5-14(17)10-18(22)21(24)25-2/h7-9,11,14,17-18H,3-6,10,12H2,1-2H3/t14-,17-,18-/m1/s1. The van der Waals surface area contributed by atoms with Crippen molar-refractivity contribution in [1.82, 2.24) is 4.90 Å². The maximum Gasteiger partial charge on any atom is 0.336 e. The molecule has 1 aromatic carbocycles. The lowest BCUT2D eigenvalue weighted by atomic mass is 9.84. The van der Waals surface area contributed by atoms with Crippen LogP contribution in [0.2, 0.25) is 0 Å². The fourth-order valence-electron chi connectivity index (χ4n) is 4.81. The maximum atomic E-state index is 12.4. The summed E-state index contributed by atoms with van der Waals surface area (Å²) >= 11 is 0. The van der Waals surface area contributed by atoms with E-state index >= 15 is 0 Å². The number of hydrogen-bond acceptors (Lipinski definition) is 5. The highest BCUT2D eigenvalue weighted by Gasteiger charge is 2.45. The maximum absolute atomic E-state index is 12.4. The largest absolute Gasteiger partial charge is 0.468 e. The van der Waals surface area contributed by atoms with E-state index in [0.717, 1.165) is 29.4 Å². The molecule has 2 aromatic rings. The molecule has 5 heteroatoms. The summed E-state index contributed by atoms with van der Waals surface area (Å²) in [5.74, 6) is 0.379. The van der Waals surface area contributed by atoms with Crippen LogP contribution >= 0.6 is 0 Å². The first-order valence-corrected chi connectivity index (χ1v) is 9.44. The van der Waals surface area contributed by atoms with Crippen molar-refractivity contribution in [2.24, 2.45) is 5.92 Å². The topological polar surface area (TPSA) is 59.8 Å². The Hall–Kier alpha value is -2.14. The smallest absolute Gasteiger partial charge is 0.336 e. The molecule has 0 unspecified atom stereocenters. The quantitative estimate of drug-likeness (QED) is 0.624. The van der Waals surface area contributed by atoms with E-state index in [1.54, 1.807) is 6.07 Å². The van der Waals surface area contributed by atoms with Gasteiger partial charge in [0.25, 0.3) is 0 Å². The molecule has 1 saturated heterocycles. The number of rotatable bonds is 3. The van der Waals surface area contributed by atoms with E-state index in [0.29, 0.717) is 24.1 Å². The molecule has 138 valence electrons. The molecule has 1 aromatic heterocycles. The van der Waals surface area contributed by atoms with Crippen molar-refractivity contribution >= 4 is 16.9 Å². The number of ether oxygens (including phenoxy) is 1. The molecule has 5 nitrogen and oxygen atoms in total. The highest BCUT2D eigenvalue weighted by molar-refractivity contribution is 5.81. The lowest BCUT2D eigenvalue weighted by molar-refractivity contribution is -0.146. The minimum Gasteiger partial charge on any atom is -0.468 e. The number of nitrogens with zero attached hydrogens (tertiary/aromatic N) is 1. The zero-order valence-corrected chi connectivity index (χ0v) is 15.4. The summed E-state index contributed by atoms with van der Waals surface area (Å²) in [6.07, 6.45) is 5.57. The molecule has 0 N–H and O–H groups in total. The number of likely N-dealkylation sites (tertiary alicyclic amines) is 1. The van der Waals surface area contributed by atoms with E-state index in [1.807, 2.05) is 25.1 Å². The number of methoxy groups -OCH3 is 1. The van der Waals surface area contributed by atoms with Crippen LogP contribution in [0.1, 0.15) is 43.2 Å². The predicted molar refractivity (Wildman–Crippen MR) is 98.9 cm³/mol. The summed E-state index contributed by atoms with van der Waals surface area (Å²) < 4.78 is 10.5.